The van der Waals surface area contributed by atoms with Gasteiger partial charge in [0.05, 0.1) is 18.8 Å². The summed E-state index contributed by atoms with van der Waals surface area (Å²) in [5.41, 5.74) is 0.968. The molecule has 0 radical (unpaired) electrons. The summed E-state index contributed by atoms with van der Waals surface area (Å²) in [7, 11) is 1.65. The summed E-state index contributed by atoms with van der Waals surface area (Å²) >= 11 is 0. The monoisotopic (exact) mass is 283 g/mol. The van der Waals surface area contributed by atoms with Gasteiger partial charge in [-0.05, 0) is 37.3 Å². The normalized spacial score (nSPS) is 12.3. The molecule has 3 rings (SSSR count). The van der Waals surface area contributed by atoms with Crippen LogP contribution in [0.1, 0.15) is 18.8 Å². The van der Waals surface area contributed by atoms with Crippen molar-refractivity contribution >= 4 is 0 Å². The van der Waals surface area contributed by atoms with Gasteiger partial charge in [-0.15, -0.1) is 0 Å². The molecule has 108 valence electrons. The van der Waals surface area contributed by atoms with E-state index in [1.807, 2.05) is 45.9 Å². The zero-order valence-corrected chi connectivity index (χ0v) is 12.0. The summed E-state index contributed by atoms with van der Waals surface area (Å²) in [6, 6.07) is 9.91. The fraction of sp³-hybridized carbons (Fsp3) is 0.267. The fourth-order valence-electron chi connectivity index (χ4n) is 2.24. The van der Waals surface area contributed by atoms with Crippen molar-refractivity contribution in [3.05, 3.63) is 54.9 Å². The second-order valence-electron chi connectivity index (χ2n) is 4.83. The lowest BCUT2D eigenvalue weighted by atomic mass is 10.2. The highest BCUT2D eigenvalue weighted by Gasteiger charge is 2.12. The predicted octanol–water partition coefficient (Wildman–Crippen LogP) is 2.28. The molecule has 6 heteroatoms. The molecule has 6 nitrogen and oxygen atoms in total. The number of benzene rings is 1. The molecule has 3 aromatic rings. The van der Waals surface area contributed by atoms with Crippen LogP contribution in [0.15, 0.2) is 49.1 Å². The summed E-state index contributed by atoms with van der Waals surface area (Å²) in [5.74, 6) is 1.73. The molecule has 0 aliphatic carbocycles. The summed E-state index contributed by atoms with van der Waals surface area (Å²) in [5, 5.41) is 8.58. The minimum atomic E-state index is 0.223. The molecule has 1 aromatic carbocycles. The van der Waals surface area contributed by atoms with Crippen molar-refractivity contribution < 1.29 is 4.74 Å². The number of nitrogens with zero attached hydrogens (tertiary/aromatic N) is 5. The third-order valence-electron chi connectivity index (χ3n) is 3.39. The molecule has 0 spiro atoms. The summed E-state index contributed by atoms with van der Waals surface area (Å²) < 4.78 is 8.94. The predicted molar refractivity (Wildman–Crippen MR) is 78.6 cm³/mol. The average Bonchev–Trinajstić information content (AvgIpc) is 3.19. The van der Waals surface area contributed by atoms with Crippen LogP contribution in [0.25, 0.3) is 5.69 Å². The van der Waals surface area contributed by atoms with Gasteiger partial charge in [0.15, 0.2) is 0 Å². The zero-order chi connectivity index (χ0) is 14.7. The Morgan fingerprint density at radius 1 is 1.19 bits per heavy atom. The van der Waals surface area contributed by atoms with Gasteiger partial charge in [0.25, 0.3) is 0 Å². The lowest BCUT2D eigenvalue weighted by molar-refractivity contribution is 0.414. The first-order chi connectivity index (χ1) is 10.3. The molecule has 21 heavy (non-hydrogen) atoms. The van der Waals surface area contributed by atoms with Crippen LogP contribution in [0.5, 0.6) is 5.75 Å². The van der Waals surface area contributed by atoms with Crippen LogP contribution in [-0.2, 0) is 6.42 Å². The fourth-order valence-corrected chi connectivity index (χ4v) is 2.24. The molecule has 1 atom stereocenters. The molecule has 1 unspecified atom stereocenters. The first kappa shape index (κ1) is 13.4. The van der Waals surface area contributed by atoms with Crippen molar-refractivity contribution in [2.75, 3.05) is 7.11 Å². The van der Waals surface area contributed by atoms with Crippen LogP contribution in [0.2, 0.25) is 0 Å². The molecule has 0 fully saturated rings. The van der Waals surface area contributed by atoms with Gasteiger partial charge in [0.1, 0.15) is 17.9 Å². The molecule has 0 saturated carbocycles. The van der Waals surface area contributed by atoms with Gasteiger partial charge >= 0.3 is 0 Å². The molecule has 0 amide bonds. The van der Waals surface area contributed by atoms with Gasteiger partial charge in [-0.3, -0.25) is 4.68 Å². The van der Waals surface area contributed by atoms with Gasteiger partial charge in [0.2, 0.25) is 0 Å². The first-order valence-electron chi connectivity index (χ1n) is 6.80. The zero-order valence-electron chi connectivity index (χ0n) is 12.0. The van der Waals surface area contributed by atoms with E-state index in [2.05, 4.69) is 22.1 Å². The van der Waals surface area contributed by atoms with Crippen molar-refractivity contribution in [2.45, 2.75) is 19.4 Å². The Hall–Kier alpha value is -2.63. The smallest absolute Gasteiger partial charge is 0.138 e. The Morgan fingerprint density at radius 3 is 2.67 bits per heavy atom. The van der Waals surface area contributed by atoms with Gasteiger partial charge < -0.3 is 4.74 Å². The van der Waals surface area contributed by atoms with E-state index in [-0.39, 0.29) is 6.04 Å². The number of hydrogen-bond donors (Lipinski definition) is 0. The number of rotatable bonds is 5. The average molecular weight is 283 g/mol. The van der Waals surface area contributed by atoms with Gasteiger partial charge in [-0.25, -0.2) is 9.67 Å². The van der Waals surface area contributed by atoms with E-state index in [9.17, 15) is 0 Å². The third kappa shape index (κ3) is 2.79. The van der Waals surface area contributed by atoms with Gasteiger partial charge in [0, 0.05) is 18.8 Å². The highest BCUT2D eigenvalue weighted by atomic mass is 16.5. The van der Waals surface area contributed by atoms with Crippen LogP contribution in [0.3, 0.4) is 0 Å². The largest absolute Gasteiger partial charge is 0.497 e. The minimum Gasteiger partial charge on any atom is -0.497 e. The Labute approximate surface area is 123 Å². The quantitative estimate of drug-likeness (QED) is 0.721. The summed E-state index contributed by atoms with van der Waals surface area (Å²) in [4.78, 5) is 4.36. The molecule has 0 N–H and O–H groups in total. The van der Waals surface area contributed by atoms with E-state index in [0.717, 1.165) is 23.7 Å². The number of aromatic nitrogens is 5. The Bertz CT molecular complexity index is 687. The van der Waals surface area contributed by atoms with E-state index in [0.29, 0.717) is 0 Å². The van der Waals surface area contributed by atoms with Gasteiger partial charge in [-0.1, -0.05) is 0 Å². The molecular formula is C15H17N5O. The second kappa shape index (κ2) is 5.78. The Kier molecular flexibility index (Phi) is 3.68. The Balaban J connectivity index is 1.83. The molecule has 0 bridgehead atoms. The van der Waals surface area contributed by atoms with Crippen molar-refractivity contribution in [1.29, 1.82) is 0 Å². The minimum absolute atomic E-state index is 0.223. The molecule has 2 heterocycles. The second-order valence-corrected chi connectivity index (χ2v) is 4.83. The maximum Gasteiger partial charge on any atom is 0.138 e. The first-order valence-corrected chi connectivity index (χ1v) is 6.80. The van der Waals surface area contributed by atoms with E-state index >= 15 is 0 Å². The van der Waals surface area contributed by atoms with Crippen LogP contribution in [0.4, 0.5) is 0 Å². The highest BCUT2D eigenvalue weighted by Crippen LogP contribution is 2.17. The topological polar surface area (TPSA) is 57.8 Å². The number of ether oxygens (including phenoxy) is 1. The standard InChI is InChI=1S/C15H17N5O/c1-12(19-9-3-8-17-19)10-15-16-11-18-20(15)13-4-6-14(21-2)7-5-13/h3-9,11-12H,10H2,1-2H3. The molecule has 0 aliphatic heterocycles. The third-order valence-corrected chi connectivity index (χ3v) is 3.39. The van der Waals surface area contributed by atoms with E-state index in [1.165, 1.54) is 0 Å². The van der Waals surface area contributed by atoms with Crippen molar-refractivity contribution in [2.24, 2.45) is 0 Å². The molecule has 0 saturated heterocycles. The van der Waals surface area contributed by atoms with Gasteiger partial charge in [-0.2, -0.15) is 10.2 Å². The summed E-state index contributed by atoms with van der Waals surface area (Å²) in [6.45, 7) is 2.11. The number of hydrogen-bond acceptors (Lipinski definition) is 4. The molecular weight excluding hydrogens is 266 g/mol. The summed E-state index contributed by atoms with van der Waals surface area (Å²) in [6.07, 6.45) is 6.08. The number of methoxy groups -OCH3 is 1. The van der Waals surface area contributed by atoms with E-state index in [4.69, 9.17) is 4.74 Å². The van der Waals surface area contributed by atoms with Crippen molar-refractivity contribution in [1.82, 2.24) is 24.5 Å². The molecule has 2 aromatic heterocycles. The highest BCUT2D eigenvalue weighted by molar-refractivity contribution is 5.37. The van der Waals surface area contributed by atoms with Crippen LogP contribution in [-0.4, -0.2) is 31.7 Å². The Morgan fingerprint density at radius 2 is 2.00 bits per heavy atom. The lowest BCUT2D eigenvalue weighted by Gasteiger charge is -2.12. The van der Waals surface area contributed by atoms with Crippen molar-refractivity contribution in [3.8, 4) is 11.4 Å². The lowest BCUT2D eigenvalue weighted by Crippen LogP contribution is -2.13. The van der Waals surface area contributed by atoms with E-state index < -0.39 is 0 Å². The van der Waals surface area contributed by atoms with Crippen LogP contribution >= 0.6 is 0 Å². The van der Waals surface area contributed by atoms with Crippen LogP contribution < -0.4 is 4.74 Å². The van der Waals surface area contributed by atoms with E-state index in [1.54, 1.807) is 19.6 Å². The van der Waals surface area contributed by atoms with Crippen LogP contribution in [0, 0.1) is 0 Å². The maximum atomic E-state index is 5.17. The molecule has 0 aliphatic rings. The SMILES string of the molecule is COc1ccc(-n2ncnc2CC(C)n2cccn2)cc1. The van der Waals surface area contributed by atoms with Crippen molar-refractivity contribution in [3.63, 3.8) is 0 Å². The maximum absolute atomic E-state index is 5.17.